The van der Waals surface area contributed by atoms with Crippen LogP contribution < -0.4 is 5.32 Å². The molecule has 104 valence electrons. The van der Waals surface area contributed by atoms with Crippen molar-refractivity contribution in [2.45, 2.75) is 31.1 Å². The van der Waals surface area contributed by atoms with Gasteiger partial charge in [-0.3, -0.25) is 4.79 Å². The first-order valence-corrected chi connectivity index (χ1v) is 7.18. The molecular weight excluding hydrogens is 262 g/mol. The van der Waals surface area contributed by atoms with Gasteiger partial charge < -0.3 is 10.4 Å². The third kappa shape index (κ3) is 3.48. The first kappa shape index (κ1) is 14.4. The second kappa shape index (κ2) is 6.40. The highest BCUT2D eigenvalue weighted by Gasteiger charge is 2.34. The Morgan fingerprint density at radius 3 is 2.53 bits per heavy atom. The molecule has 1 aliphatic carbocycles. The number of carbonyl (C=O) groups excluding carboxylic acids is 1. The van der Waals surface area contributed by atoms with Crippen LogP contribution in [0.2, 0.25) is 0 Å². The minimum atomic E-state index is -0.668. The Morgan fingerprint density at radius 1 is 1.32 bits per heavy atom. The molecule has 1 fully saturated rings. The van der Waals surface area contributed by atoms with Crippen molar-refractivity contribution >= 4 is 17.5 Å². The summed E-state index contributed by atoms with van der Waals surface area (Å²) in [5.74, 6) is -0.187. The summed E-state index contributed by atoms with van der Waals surface area (Å²) in [6.45, 7) is 0.643. The van der Waals surface area contributed by atoms with Gasteiger partial charge in [-0.2, -0.15) is 0 Å². The molecule has 2 N–H and O–H groups in total. The molecule has 19 heavy (non-hydrogen) atoms. The predicted molar refractivity (Wildman–Crippen MR) is 76.0 cm³/mol. The zero-order chi connectivity index (χ0) is 13.7. The molecular formula is C15H20ClNO2. The van der Waals surface area contributed by atoms with Crippen LogP contribution in [0.4, 0.5) is 0 Å². The number of aliphatic hydroxyl groups is 1. The number of nitrogens with one attached hydrogen (secondary N) is 1. The highest BCUT2D eigenvalue weighted by Crippen LogP contribution is 2.37. The van der Waals surface area contributed by atoms with Crippen molar-refractivity contribution in [1.82, 2.24) is 5.32 Å². The van der Waals surface area contributed by atoms with Gasteiger partial charge in [-0.25, -0.2) is 0 Å². The topological polar surface area (TPSA) is 49.3 Å². The lowest BCUT2D eigenvalue weighted by Crippen LogP contribution is -2.39. The quantitative estimate of drug-likeness (QED) is 0.815. The molecule has 3 nitrogen and oxygen atoms in total. The fourth-order valence-corrected chi connectivity index (χ4v) is 2.88. The lowest BCUT2D eigenvalue weighted by atomic mass is 9.87. The van der Waals surface area contributed by atoms with Crippen molar-refractivity contribution in [2.24, 2.45) is 5.41 Å². The lowest BCUT2D eigenvalue weighted by molar-refractivity contribution is -0.121. The third-order valence-corrected chi connectivity index (χ3v) is 4.41. The van der Waals surface area contributed by atoms with Crippen molar-refractivity contribution in [1.29, 1.82) is 0 Å². The molecule has 1 aromatic rings. The van der Waals surface area contributed by atoms with E-state index < -0.39 is 5.38 Å². The van der Waals surface area contributed by atoms with Gasteiger partial charge in [0.2, 0.25) is 5.91 Å². The Labute approximate surface area is 119 Å². The minimum Gasteiger partial charge on any atom is -0.396 e. The van der Waals surface area contributed by atoms with Gasteiger partial charge in [0.05, 0.1) is 6.61 Å². The van der Waals surface area contributed by atoms with E-state index in [1.54, 1.807) is 0 Å². The molecule has 0 saturated heterocycles. The minimum absolute atomic E-state index is 0.131. The molecule has 1 aromatic carbocycles. The summed E-state index contributed by atoms with van der Waals surface area (Å²) < 4.78 is 0. The second-order valence-electron chi connectivity index (χ2n) is 5.36. The van der Waals surface area contributed by atoms with E-state index in [4.69, 9.17) is 11.6 Å². The van der Waals surface area contributed by atoms with E-state index in [0.717, 1.165) is 31.2 Å². The maximum atomic E-state index is 12.0. The van der Waals surface area contributed by atoms with Crippen molar-refractivity contribution in [3.8, 4) is 0 Å². The molecule has 0 aromatic heterocycles. The maximum Gasteiger partial charge on any atom is 0.242 e. The van der Waals surface area contributed by atoms with Gasteiger partial charge in [-0.05, 0) is 18.4 Å². The average Bonchev–Trinajstić information content (AvgIpc) is 2.94. The Hall–Kier alpha value is -1.06. The molecule has 0 radical (unpaired) electrons. The van der Waals surface area contributed by atoms with Crippen LogP contribution in [0, 0.1) is 5.41 Å². The fraction of sp³-hybridized carbons (Fsp3) is 0.533. The Kier molecular flexibility index (Phi) is 4.83. The normalized spacial score (nSPS) is 19.1. The number of hydrogen-bond donors (Lipinski definition) is 2. The third-order valence-electron chi connectivity index (χ3n) is 3.96. The molecule has 1 atom stereocenters. The lowest BCUT2D eigenvalue weighted by Gasteiger charge is -2.27. The van der Waals surface area contributed by atoms with Gasteiger partial charge in [-0.15, -0.1) is 11.6 Å². The predicted octanol–water partition coefficient (Wildman–Crippen LogP) is 2.64. The molecule has 0 spiro atoms. The van der Waals surface area contributed by atoms with Crippen molar-refractivity contribution in [2.75, 3.05) is 13.2 Å². The van der Waals surface area contributed by atoms with E-state index in [9.17, 15) is 9.90 Å². The zero-order valence-electron chi connectivity index (χ0n) is 10.9. The highest BCUT2D eigenvalue weighted by molar-refractivity contribution is 6.30. The Bertz CT molecular complexity index is 415. The highest BCUT2D eigenvalue weighted by atomic mass is 35.5. The van der Waals surface area contributed by atoms with Crippen molar-refractivity contribution in [3.63, 3.8) is 0 Å². The monoisotopic (exact) mass is 281 g/mol. The number of amides is 1. The van der Waals surface area contributed by atoms with E-state index in [1.807, 2.05) is 30.3 Å². The summed E-state index contributed by atoms with van der Waals surface area (Å²) in [4.78, 5) is 12.0. The summed E-state index contributed by atoms with van der Waals surface area (Å²) in [6.07, 6.45) is 4.20. The van der Waals surface area contributed by atoms with Crippen LogP contribution in [0.3, 0.4) is 0 Å². The van der Waals surface area contributed by atoms with E-state index in [2.05, 4.69) is 5.32 Å². The number of benzene rings is 1. The molecule has 0 bridgehead atoms. The number of hydrogen-bond acceptors (Lipinski definition) is 2. The van der Waals surface area contributed by atoms with Crippen molar-refractivity contribution < 1.29 is 9.90 Å². The van der Waals surface area contributed by atoms with Gasteiger partial charge in [0.15, 0.2) is 0 Å². The van der Waals surface area contributed by atoms with Gasteiger partial charge in [0, 0.05) is 12.0 Å². The molecule has 1 saturated carbocycles. The van der Waals surface area contributed by atoms with E-state index in [1.165, 1.54) is 0 Å². The van der Waals surface area contributed by atoms with Crippen LogP contribution in [0.5, 0.6) is 0 Å². The standard InChI is InChI=1S/C15H20ClNO2/c16-13(12-6-2-1-3-7-12)14(19)17-10-15(11-18)8-4-5-9-15/h1-3,6-7,13,18H,4-5,8-11H2,(H,17,19). The number of aliphatic hydroxyl groups excluding tert-OH is 1. The zero-order valence-corrected chi connectivity index (χ0v) is 11.7. The molecule has 1 amide bonds. The van der Waals surface area contributed by atoms with Crippen LogP contribution in [0.1, 0.15) is 36.6 Å². The molecule has 2 rings (SSSR count). The molecule has 4 heteroatoms. The van der Waals surface area contributed by atoms with E-state index in [0.29, 0.717) is 6.54 Å². The smallest absolute Gasteiger partial charge is 0.242 e. The molecule has 1 unspecified atom stereocenters. The van der Waals surface area contributed by atoms with Crippen LogP contribution in [-0.4, -0.2) is 24.2 Å². The summed E-state index contributed by atoms with van der Waals surface area (Å²) in [5.41, 5.74) is 0.661. The summed E-state index contributed by atoms with van der Waals surface area (Å²) in [6, 6.07) is 9.31. The summed E-state index contributed by atoms with van der Waals surface area (Å²) in [7, 11) is 0. The van der Waals surface area contributed by atoms with E-state index >= 15 is 0 Å². The van der Waals surface area contributed by atoms with Crippen LogP contribution in [-0.2, 0) is 4.79 Å². The molecule has 1 aliphatic rings. The SMILES string of the molecule is O=C(NCC1(CO)CCCC1)C(Cl)c1ccccc1. The first-order valence-electron chi connectivity index (χ1n) is 6.74. The number of carbonyl (C=O) groups is 1. The van der Waals surface area contributed by atoms with Gasteiger partial charge in [0.25, 0.3) is 0 Å². The average molecular weight is 282 g/mol. The maximum absolute atomic E-state index is 12.0. The van der Waals surface area contributed by atoms with Gasteiger partial charge >= 0.3 is 0 Å². The fourth-order valence-electron chi connectivity index (χ4n) is 2.65. The largest absolute Gasteiger partial charge is 0.396 e. The second-order valence-corrected chi connectivity index (χ2v) is 5.79. The summed E-state index contributed by atoms with van der Waals surface area (Å²) >= 11 is 6.16. The van der Waals surface area contributed by atoms with Crippen LogP contribution >= 0.6 is 11.6 Å². The number of halogens is 1. The number of rotatable bonds is 5. The Balaban J connectivity index is 1.91. The summed E-state index contributed by atoms with van der Waals surface area (Å²) in [5, 5.41) is 11.7. The van der Waals surface area contributed by atoms with Crippen molar-refractivity contribution in [3.05, 3.63) is 35.9 Å². The Morgan fingerprint density at radius 2 is 1.95 bits per heavy atom. The molecule has 0 heterocycles. The first-order chi connectivity index (χ1) is 9.17. The molecule has 0 aliphatic heterocycles. The van der Waals surface area contributed by atoms with Crippen LogP contribution in [0.25, 0.3) is 0 Å². The van der Waals surface area contributed by atoms with E-state index in [-0.39, 0.29) is 17.9 Å². The van der Waals surface area contributed by atoms with Gasteiger partial charge in [0.1, 0.15) is 5.38 Å². The van der Waals surface area contributed by atoms with Crippen LogP contribution in [0.15, 0.2) is 30.3 Å². The number of alkyl halides is 1. The van der Waals surface area contributed by atoms with Gasteiger partial charge in [-0.1, -0.05) is 43.2 Å².